The van der Waals surface area contributed by atoms with Gasteiger partial charge in [-0.2, -0.15) is 4.52 Å². The monoisotopic (exact) mass is 201 g/mol. The number of hydrogen-bond acceptors (Lipinski definition) is 6. The first kappa shape index (κ1) is 7.92. The zero-order valence-corrected chi connectivity index (χ0v) is 7.28. The van der Waals surface area contributed by atoms with Gasteiger partial charge < -0.3 is 0 Å². The highest BCUT2D eigenvalue weighted by molar-refractivity contribution is 6.49. The first-order chi connectivity index (χ1) is 7.25. The third-order valence-electron chi connectivity index (χ3n) is 2.08. The number of hydrogen-bond donors (Lipinski definition) is 0. The highest BCUT2D eigenvalue weighted by Crippen LogP contribution is 2.14. The number of nitrogens with zero attached hydrogens (tertiary/aromatic N) is 5. The molecule has 0 unspecified atom stereocenters. The number of Topliss-reactive ketones (excluding diaryl/α,β-unsaturated/α-hetero) is 1. The van der Waals surface area contributed by atoms with E-state index in [1.54, 1.807) is 0 Å². The Morgan fingerprint density at radius 1 is 1.20 bits per heavy atom. The molecule has 7 heteroatoms. The molecule has 7 nitrogen and oxygen atoms in total. The normalized spacial score (nSPS) is 14.7. The highest BCUT2D eigenvalue weighted by atomic mass is 16.2. The Kier molecular flexibility index (Phi) is 1.34. The molecule has 0 fully saturated rings. The fourth-order valence-corrected chi connectivity index (χ4v) is 1.37. The standard InChI is InChI=1S/C8H3N5O2/c14-6-2-1-5-4(7(6)15)3-13-8(9-5)10-11-12-13/h1-3H. The fraction of sp³-hybridized carbons (Fsp3) is 0. The zero-order valence-electron chi connectivity index (χ0n) is 7.28. The summed E-state index contributed by atoms with van der Waals surface area (Å²) in [6.07, 6.45) is 4.08. The molecule has 0 aliphatic heterocycles. The molecular weight excluding hydrogens is 198 g/mol. The van der Waals surface area contributed by atoms with E-state index in [4.69, 9.17) is 0 Å². The summed E-state index contributed by atoms with van der Waals surface area (Å²) >= 11 is 0. The van der Waals surface area contributed by atoms with Gasteiger partial charge in [-0.1, -0.05) is 5.10 Å². The minimum absolute atomic E-state index is 0.224. The van der Waals surface area contributed by atoms with Gasteiger partial charge in [0.25, 0.3) is 5.78 Å². The molecule has 72 valence electrons. The van der Waals surface area contributed by atoms with Gasteiger partial charge in [0.05, 0.1) is 11.3 Å². The maximum absolute atomic E-state index is 11.5. The molecular formula is C8H3N5O2. The molecule has 15 heavy (non-hydrogen) atoms. The smallest absolute Gasteiger partial charge is 0.273 e. The van der Waals surface area contributed by atoms with Crippen molar-refractivity contribution in [1.29, 1.82) is 0 Å². The molecule has 0 N–H and O–H groups in total. The molecule has 0 spiro atoms. The summed E-state index contributed by atoms with van der Waals surface area (Å²) in [6, 6.07) is 0. The van der Waals surface area contributed by atoms with Gasteiger partial charge in [0.1, 0.15) is 0 Å². The Morgan fingerprint density at radius 2 is 2.07 bits per heavy atom. The largest absolute Gasteiger partial charge is 0.286 e. The number of carbonyl (C=O) groups is 2. The molecule has 2 aromatic heterocycles. The number of tetrazole rings is 1. The summed E-state index contributed by atoms with van der Waals surface area (Å²) < 4.78 is 1.25. The van der Waals surface area contributed by atoms with Crippen molar-refractivity contribution in [1.82, 2.24) is 25.0 Å². The minimum atomic E-state index is -0.586. The lowest BCUT2D eigenvalue weighted by Crippen LogP contribution is -2.18. The average molecular weight is 201 g/mol. The summed E-state index contributed by atoms with van der Waals surface area (Å²) in [5.74, 6) is -0.852. The van der Waals surface area contributed by atoms with Gasteiger partial charge in [-0.3, -0.25) is 9.59 Å². The van der Waals surface area contributed by atoms with Gasteiger partial charge in [-0.05, 0) is 22.6 Å². The van der Waals surface area contributed by atoms with Crippen LogP contribution in [0.5, 0.6) is 0 Å². The fourth-order valence-electron chi connectivity index (χ4n) is 1.37. The lowest BCUT2D eigenvalue weighted by Gasteiger charge is -2.05. The second kappa shape index (κ2) is 2.53. The topological polar surface area (TPSA) is 90.1 Å². The first-order valence-electron chi connectivity index (χ1n) is 4.11. The molecule has 1 aliphatic carbocycles. The molecule has 0 atom stereocenters. The van der Waals surface area contributed by atoms with Crippen LogP contribution in [-0.4, -0.2) is 36.6 Å². The second-order valence-electron chi connectivity index (χ2n) is 2.99. The Labute approximate surface area is 82.4 Å². The van der Waals surface area contributed by atoms with Crippen molar-refractivity contribution in [2.24, 2.45) is 0 Å². The van der Waals surface area contributed by atoms with Gasteiger partial charge >= 0.3 is 0 Å². The average Bonchev–Trinajstić information content (AvgIpc) is 2.68. The van der Waals surface area contributed by atoms with Crippen LogP contribution in [0.15, 0.2) is 12.3 Å². The van der Waals surface area contributed by atoms with Crippen LogP contribution in [-0.2, 0) is 4.79 Å². The van der Waals surface area contributed by atoms with Crippen molar-refractivity contribution >= 4 is 23.4 Å². The van der Waals surface area contributed by atoms with Crippen molar-refractivity contribution in [3.63, 3.8) is 0 Å². The maximum Gasteiger partial charge on any atom is 0.273 e. The van der Waals surface area contributed by atoms with Crippen LogP contribution < -0.4 is 0 Å². The van der Waals surface area contributed by atoms with Gasteiger partial charge in [-0.15, -0.1) is 0 Å². The molecule has 1 aliphatic rings. The molecule has 0 aromatic carbocycles. The number of fused-ring (bicyclic) bond motifs is 2. The molecule has 2 aromatic rings. The number of carbonyl (C=O) groups excluding carboxylic acids is 2. The third kappa shape index (κ3) is 0.997. The van der Waals surface area contributed by atoms with Gasteiger partial charge in [-0.25, -0.2) is 4.98 Å². The van der Waals surface area contributed by atoms with Crippen molar-refractivity contribution in [3.05, 3.63) is 23.5 Å². The summed E-state index contributed by atoms with van der Waals surface area (Å²) in [6.45, 7) is 0. The van der Waals surface area contributed by atoms with Crippen LogP contribution in [0.3, 0.4) is 0 Å². The Hall–Kier alpha value is -2.44. The summed E-state index contributed by atoms with van der Waals surface area (Å²) in [4.78, 5) is 26.6. The van der Waals surface area contributed by atoms with E-state index in [2.05, 4.69) is 20.5 Å². The van der Waals surface area contributed by atoms with E-state index in [-0.39, 0.29) is 5.56 Å². The summed E-state index contributed by atoms with van der Waals surface area (Å²) in [7, 11) is 0. The maximum atomic E-state index is 11.5. The van der Waals surface area contributed by atoms with Crippen molar-refractivity contribution < 1.29 is 9.59 Å². The van der Waals surface area contributed by atoms with Gasteiger partial charge in [0.15, 0.2) is 0 Å². The van der Waals surface area contributed by atoms with Crippen LogP contribution in [0.2, 0.25) is 0 Å². The highest BCUT2D eigenvalue weighted by Gasteiger charge is 2.23. The quantitative estimate of drug-likeness (QED) is 0.523. The SMILES string of the molecule is O=C1C=Cc2nc3nnnn3cc2C1=O. The molecule has 0 saturated carbocycles. The third-order valence-corrected chi connectivity index (χ3v) is 2.08. The number of rotatable bonds is 0. The van der Waals surface area contributed by atoms with E-state index in [1.807, 2.05) is 0 Å². The molecule has 2 heterocycles. The second-order valence-corrected chi connectivity index (χ2v) is 2.99. The van der Waals surface area contributed by atoms with Crippen LogP contribution in [0.25, 0.3) is 11.9 Å². The van der Waals surface area contributed by atoms with E-state index >= 15 is 0 Å². The Morgan fingerprint density at radius 3 is 2.93 bits per heavy atom. The predicted octanol–water partition coefficient (Wildman–Crippen LogP) is -0.702. The minimum Gasteiger partial charge on any atom is -0.286 e. The van der Waals surface area contributed by atoms with E-state index in [0.29, 0.717) is 11.5 Å². The predicted molar refractivity (Wildman–Crippen MR) is 46.9 cm³/mol. The van der Waals surface area contributed by atoms with Crippen molar-refractivity contribution in [2.75, 3.05) is 0 Å². The molecule has 3 rings (SSSR count). The lowest BCUT2D eigenvalue weighted by molar-refractivity contribution is -0.110. The number of ketones is 2. The molecule has 0 amide bonds. The van der Waals surface area contributed by atoms with Crippen LogP contribution in [0, 0.1) is 0 Å². The lowest BCUT2D eigenvalue weighted by atomic mass is 10.0. The van der Waals surface area contributed by atoms with E-state index in [9.17, 15) is 9.59 Å². The van der Waals surface area contributed by atoms with E-state index < -0.39 is 11.6 Å². The van der Waals surface area contributed by atoms with Crippen LogP contribution in [0.1, 0.15) is 16.1 Å². The molecule has 0 radical (unpaired) electrons. The summed E-state index contributed by atoms with van der Waals surface area (Å²) in [5.41, 5.74) is 0.643. The zero-order chi connectivity index (χ0) is 10.4. The van der Waals surface area contributed by atoms with E-state index in [0.717, 1.165) is 0 Å². The number of allylic oxidation sites excluding steroid dienone is 1. The number of aromatic nitrogens is 5. The van der Waals surface area contributed by atoms with Crippen LogP contribution in [0.4, 0.5) is 0 Å². The summed E-state index contributed by atoms with van der Waals surface area (Å²) in [5, 5.41) is 10.6. The molecule has 0 saturated heterocycles. The Bertz CT molecular complexity index is 627. The van der Waals surface area contributed by atoms with Crippen molar-refractivity contribution in [2.45, 2.75) is 0 Å². The Balaban J connectivity index is 2.38. The molecule has 0 bridgehead atoms. The van der Waals surface area contributed by atoms with E-state index in [1.165, 1.54) is 22.9 Å². The van der Waals surface area contributed by atoms with Gasteiger partial charge in [0.2, 0.25) is 11.6 Å². The first-order valence-corrected chi connectivity index (χ1v) is 4.11. The van der Waals surface area contributed by atoms with Crippen LogP contribution >= 0.6 is 0 Å². The van der Waals surface area contributed by atoms with Crippen molar-refractivity contribution in [3.8, 4) is 0 Å². The van der Waals surface area contributed by atoms with Gasteiger partial charge in [0, 0.05) is 6.20 Å².